The van der Waals surface area contributed by atoms with Gasteiger partial charge in [-0.3, -0.25) is 4.57 Å². The van der Waals surface area contributed by atoms with E-state index in [1.165, 1.54) is 5.69 Å². The second-order valence-corrected chi connectivity index (χ2v) is 9.44. The summed E-state index contributed by atoms with van der Waals surface area (Å²) < 4.78 is 2.03. The number of nitrogens with zero attached hydrogens (tertiary/aromatic N) is 5. The fourth-order valence-electron chi connectivity index (χ4n) is 5.26. The summed E-state index contributed by atoms with van der Waals surface area (Å²) in [5.74, 6) is 1.77. The predicted octanol–water partition coefficient (Wildman–Crippen LogP) is 7.01. The molecular weight excluding hydrogens is 470 g/mol. The number of para-hydroxylation sites is 3. The molecule has 184 valence electrons. The van der Waals surface area contributed by atoms with Gasteiger partial charge in [0.25, 0.3) is 0 Å². The largest absolute Gasteiger partial charge is 0.505 e. The van der Waals surface area contributed by atoms with Crippen LogP contribution in [0.1, 0.15) is 0 Å². The second kappa shape index (κ2) is 8.78. The Balaban J connectivity index is 1.40. The average Bonchev–Trinajstić information content (AvgIpc) is 3.53. The van der Waals surface area contributed by atoms with Crippen LogP contribution in [0.3, 0.4) is 0 Å². The third-order valence-corrected chi connectivity index (χ3v) is 7.06. The van der Waals surface area contributed by atoms with Gasteiger partial charge in [-0.05, 0) is 48.5 Å². The number of imidazole rings is 1. The summed E-state index contributed by atoms with van der Waals surface area (Å²) in [6.45, 7) is 0.710. The summed E-state index contributed by atoms with van der Waals surface area (Å²) in [7, 11) is 2.08. The summed E-state index contributed by atoms with van der Waals surface area (Å²) in [5.41, 5.74) is 6.95. The summed E-state index contributed by atoms with van der Waals surface area (Å²) in [5, 5.41) is 11.7. The first kappa shape index (κ1) is 22.1. The Morgan fingerprint density at radius 3 is 2.18 bits per heavy atom. The lowest BCUT2D eigenvalue weighted by Gasteiger charge is -2.19. The highest BCUT2D eigenvalue weighted by Crippen LogP contribution is 2.42. The lowest BCUT2D eigenvalue weighted by molar-refractivity contribution is 0.481. The molecule has 0 fully saturated rings. The van der Waals surface area contributed by atoms with Crippen molar-refractivity contribution in [2.75, 3.05) is 23.5 Å². The van der Waals surface area contributed by atoms with E-state index in [9.17, 15) is 5.11 Å². The van der Waals surface area contributed by atoms with Gasteiger partial charge in [0.15, 0.2) is 5.75 Å². The topological polar surface area (TPSA) is 57.4 Å². The first-order chi connectivity index (χ1) is 18.7. The van der Waals surface area contributed by atoms with Gasteiger partial charge in [0.2, 0.25) is 0 Å². The van der Waals surface area contributed by atoms with Gasteiger partial charge in [0.1, 0.15) is 17.2 Å². The number of fused-ring (bicyclic) bond motifs is 2. The van der Waals surface area contributed by atoms with Gasteiger partial charge in [0, 0.05) is 23.9 Å². The van der Waals surface area contributed by atoms with Crippen LogP contribution in [0.2, 0.25) is 0 Å². The van der Waals surface area contributed by atoms with Crippen molar-refractivity contribution in [1.82, 2.24) is 14.5 Å². The monoisotopic (exact) mass is 495 g/mol. The minimum absolute atomic E-state index is 0.157. The molecule has 1 aliphatic rings. The Morgan fingerprint density at radius 2 is 1.39 bits per heavy atom. The Kier molecular flexibility index (Phi) is 5.11. The number of phenolic OH excluding ortho intramolecular Hbond substituents is 1. The minimum atomic E-state index is 0.157. The molecule has 0 atom stereocenters. The molecule has 0 amide bonds. The number of pyridine rings is 1. The first-order valence-corrected chi connectivity index (χ1v) is 12.6. The molecule has 0 bridgehead atoms. The predicted molar refractivity (Wildman–Crippen MR) is 153 cm³/mol. The van der Waals surface area contributed by atoms with Crippen LogP contribution < -0.4 is 9.80 Å². The summed E-state index contributed by atoms with van der Waals surface area (Å²) >= 11 is 0. The fourth-order valence-corrected chi connectivity index (χ4v) is 5.26. The third-order valence-electron chi connectivity index (χ3n) is 7.06. The molecule has 1 N–H and O–H groups in total. The van der Waals surface area contributed by atoms with E-state index in [2.05, 4.69) is 35.0 Å². The number of hydrogen-bond donors (Lipinski definition) is 1. The second-order valence-electron chi connectivity index (χ2n) is 9.44. The Labute approximate surface area is 220 Å². The van der Waals surface area contributed by atoms with Gasteiger partial charge in [-0.1, -0.05) is 66.7 Å². The molecule has 0 spiro atoms. The van der Waals surface area contributed by atoms with E-state index in [0.717, 1.165) is 34.1 Å². The highest BCUT2D eigenvalue weighted by atomic mass is 16.3. The van der Waals surface area contributed by atoms with Crippen molar-refractivity contribution in [3.63, 3.8) is 0 Å². The molecule has 0 aliphatic carbocycles. The van der Waals surface area contributed by atoms with Crippen LogP contribution in [0.5, 0.6) is 5.75 Å². The smallest absolute Gasteiger partial charge is 0.151 e. The van der Waals surface area contributed by atoms with E-state index in [0.29, 0.717) is 23.4 Å². The van der Waals surface area contributed by atoms with Crippen molar-refractivity contribution in [1.29, 1.82) is 0 Å². The Bertz CT molecular complexity index is 1780. The molecule has 3 heterocycles. The quantitative estimate of drug-likeness (QED) is 0.285. The van der Waals surface area contributed by atoms with Gasteiger partial charge >= 0.3 is 0 Å². The van der Waals surface area contributed by atoms with Crippen LogP contribution >= 0.6 is 0 Å². The van der Waals surface area contributed by atoms with E-state index < -0.39 is 0 Å². The molecule has 6 aromatic rings. The summed E-state index contributed by atoms with van der Waals surface area (Å²) in [6, 6.07) is 38.2. The zero-order valence-electron chi connectivity index (χ0n) is 20.9. The van der Waals surface area contributed by atoms with Crippen molar-refractivity contribution in [3.8, 4) is 34.1 Å². The van der Waals surface area contributed by atoms with Crippen LogP contribution in [0.4, 0.5) is 17.2 Å². The van der Waals surface area contributed by atoms with Crippen LogP contribution in [-0.4, -0.2) is 33.4 Å². The summed E-state index contributed by atoms with van der Waals surface area (Å²) in [4.78, 5) is 14.3. The van der Waals surface area contributed by atoms with Gasteiger partial charge in [-0.15, -0.1) is 0 Å². The zero-order chi connectivity index (χ0) is 25.6. The number of aromatic hydroxyl groups is 1. The number of phenols is 1. The maximum absolute atomic E-state index is 11.7. The lowest BCUT2D eigenvalue weighted by Crippen LogP contribution is -2.24. The van der Waals surface area contributed by atoms with E-state index in [-0.39, 0.29) is 5.75 Å². The van der Waals surface area contributed by atoms with Gasteiger partial charge in [-0.2, -0.15) is 0 Å². The van der Waals surface area contributed by atoms with Crippen LogP contribution in [0.15, 0.2) is 115 Å². The minimum Gasteiger partial charge on any atom is -0.505 e. The van der Waals surface area contributed by atoms with E-state index >= 15 is 0 Å². The number of rotatable bonds is 4. The molecule has 0 saturated heterocycles. The van der Waals surface area contributed by atoms with Crippen molar-refractivity contribution in [2.45, 2.75) is 0 Å². The van der Waals surface area contributed by atoms with Gasteiger partial charge in [-0.25, -0.2) is 9.97 Å². The Hall–Kier alpha value is -5.10. The SMILES string of the molecule is CN1CN(c2cccc(-c3ccc4nc(-c5ccccc5)n(-c5ccccc5)c4c3O)n2)c2ccccc21. The van der Waals surface area contributed by atoms with Crippen LogP contribution in [0.25, 0.3) is 39.4 Å². The number of hydrogen-bond acceptors (Lipinski definition) is 5. The molecule has 38 heavy (non-hydrogen) atoms. The molecule has 4 aromatic carbocycles. The molecule has 6 heteroatoms. The number of anilines is 3. The van der Waals surface area contributed by atoms with E-state index in [4.69, 9.17) is 9.97 Å². The van der Waals surface area contributed by atoms with Crippen LogP contribution in [-0.2, 0) is 0 Å². The molecule has 7 rings (SSSR count). The highest BCUT2D eigenvalue weighted by molar-refractivity contribution is 5.94. The number of aromatic nitrogens is 3. The van der Waals surface area contributed by atoms with Gasteiger partial charge < -0.3 is 14.9 Å². The van der Waals surface area contributed by atoms with Crippen molar-refractivity contribution >= 4 is 28.2 Å². The molecule has 0 saturated carbocycles. The average molecular weight is 496 g/mol. The van der Waals surface area contributed by atoms with Crippen molar-refractivity contribution in [2.24, 2.45) is 0 Å². The molecular formula is C32H25N5O. The molecule has 2 aromatic heterocycles. The highest BCUT2D eigenvalue weighted by Gasteiger charge is 2.26. The fraction of sp³-hybridized carbons (Fsp3) is 0.0625. The summed E-state index contributed by atoms with van der Waals surface area (Å²) in [6.07, 6.45) is 0. The van der Waals surface area contributed by atoms with E-state index in [1.807, 2.05) is 102 Å². The maximum atomic E-state index is 11.7. The standard InChI is InChI=1S/C32H25N5O/c1-35-21-36(28-17-9-8-16-27(28)35)29-18-10-15-25(33-29)24-19-20-26-30(31(24)38)37(23-13-6-3-7-14-23)32(34-26)22-11-4-2-5-12-22/h2-20,38H,21H2,1H3. The van der Waals surface area contributed by atoms with Gasteiger partial charge in [0.05, 0.1) is 29.3 Å². The van der Waals surface area contributed by atoms with Crippen LogP contribution in [0, 0.1) is 0 Å². The Morgan fingerprint density at radius 1 is 0.684 bits per heavy atom. The molecule has 0 unspecified atom stereocenters. The molecule has 0 radical (unpaired) electrons. The molecule has 6 nitrogen and oxygen atoms in total. The van der Waals surface area contributed by atoms with Crippen molar-refractivity contribution < 1.29 is 5.11 Å². The zero-order valence-corrected chi connectivity index (χ0v) is 20.9. The van der Waals surface area contributed by atoms with Crippen molar-refractivity contribution in [3.05, 3.63) is 115 Å². The lowest BCUT2D eigenvalue weighted by atomic mass is 10.1. The molecule has 1 aliphatic heterocycles. The number of benzene rings is 4. The van der Waals surface area contributed by atoms with E-state index in [1.54, 1.807) is 0 Å². The normalized spacial score (nSPS) is 12.8. The third kappa shape index (κ3) is 3.50. The first-order valence-electron chi connectivity index (χ1n) is 12.6. The maximum Gasteiger partial charge on any atom is 0.151 e.